The molecule has 0 aromatic heterocycles. The van der Waals surface area contributed by atoms with Crippen molar-refractivity contribution >= 4 is 5.91 Å². The summed E-state index contributed by atoms with van der Waals surface area (Å²) in [7, 11) is 0. The Kier molecular flexibility index (Phi) is 4.65. The molecule has 1 aromatic carbocycles. The van der Waals surface area contributed by atoms with Crippen LogP contribution in [-0.4, -0.2) is 36.0 Å². The van der Waals surface area contributed by atoms with E-state index < -0.39 is 6.10 Å². The van der Waals surface area contributed by atoms with Crippen molar-refractivity contribution in [2.75, 3.05) is 13.1 Å². The number of ether oxygens (including phenoxy) is 1. The quantitative estimate of drug-likeness (QED) is 0.919. The first kappa shape index (κ1) is 14.9. The van der Waals surface area contributed by atoms with Crippen LogP contribution in [-0.2, 0) is 4.79 Å². The van der Waals surface area contributed by atoms with Crippen molar-refractivity contribution in [1.82, 2.24) is 4.90 Å². The summed E-state index contributed by atoms with van der Waals surface area (Å²) in [5.74, 6) is 0.804. The van der Waals surface area contributed by atoms with Crippen LogP contribution in [0, 0.1) is 13.8 Å². The number of amides is 1. The van der Waals surface area contributed by atoms with Gasteiger partial charge in [-0.05, 0) is 56.9 Å². The molecular formula is C16H24N2O2. The van der Waals surface area contributed by atoms with Gasteiger partial charge < -0.3 is 15.4 Å². The Bertz CT molecular complexity index is 479. The molecule has 0 aliphatic carbocycles. The van der Waals surface area contributed by atoms with Crippen LogP contribution in [0.25, 0.3) is 0 Å². The van der Waals surface area contributed by atoms with Gasteiger partial charge in [-0.1, -0.05) is 6.07 Å². The fourth-order valence-electron chi connectivity index (χ4n) is 2.42. The summed E-state index contributed by atoms with van der Waals surface area (Å²) < 4.78 is 5.77. The Morgan fingerprint density at radius 3 is 2.55 bits per heavy atom. The van der Waals surface area contributed by atoms with E-state index in [4.69, 9.17) is 10.5 Å². The topological polar surface area (TPSA) is 55.6 Å². The highest BCUT2D eigenvalue weighted by atomic mass is 16.5. The van der Waals surface area contributed by atoms with Gasteiger partial charge in [0.25, 0.3) is 5.91 Å². The zero-order chi connectivity index (χ0) is 14.7. The molecule has 1 aliphatic rings. The summed E-state index contributed by atoms with van der Waals surface area (Å²) in [6.45, 7) is 7.39. The summed E-state index contributed by atoms with van der Waals surface area (Å²) in [5, 5.41) is 0. The minimum atomic E-state index is -0.452. The molecule has 4 nitrogen and oxygen atoms in total. The number of benzene rings is 1. The van der Waals surface area contributed by atoms with Crippen molar-refractivity contribution in [1.29, 1.82) is 0 Å². The first-order valence-corrected chi connectivity index (χ1v) is 7.25. The zero-order valence-corrected chi connectivity index (χ0v) is 12.6. The molecule has 0 saturated carbocycles. The second-order valence-corrected chi connectivity index (χ2v) is 5.67. The average molecular weight is 276 g/mol. The van der Waals surface area contributed by atoms with Gasteiger partial charge in [0.2, 0.25) is 0 Å². The summed E-state index contributed by atoms with van der Waals surface area (Å²) in [5.41, 5.74) is 8.25. The third-order valence-electron chi connectivity index (χ3n) is 3.99. The summed E-state index contributed by atoms with van der Waals surface area (Å²) in [6.07, 6.45) is 1.30. The van der Waals surface area contributed by atoms with Crippen molar-refractivity contribution in [2.45, 2.75) is 45.8 Å². The van der Waals surface area contributed by atoms with Crippen molar-refractivity contribution in [3.05, 3.63) is 29.3 Å². The number of likely N-dealkylation sites (tertiary alicyclic amines) is 1. The molecule has 2 rings (SSSR count). The Morgan fingerprint density at radius 2 is 1.95 bits per heavy atom. The van der Waals surface area contributed by atoms with Gasteiger partial charge in [0.15, 0.2) is 6.10 Å². The minimum absolute atomic E-state index is 0.0510. The smallest absolute Gasteiger partial charge is 0.263 e. The molecule has 0 spiro atoms. The van der Waals surface area contributed by atoms with Gasteiger partial charge in [0.05, 0.1) is 0 Å². The van der Waals surface area contributed by atoms with E-state index in [1.165, 1.54) is 11.1 Å². The third kappa shape index (κ3) is 3.51. The molecule has 0 radical (unpaired) electrons. The van der Waals surface area contributed by atoms with E-state index in [9.17, 15) is 4.79 Å². The van der Waals surface area contributed by atoms with Crippen LogP contribution in [0.2, 0.25) is 0 Å². The number of carbonyl (C=O) groups is 1. The van der Waals surface area contributed by atoms with Crippen LogP contribution in [0.1, 0.15) is 30.9 Å². The number of rotatable bonds is 3. The van der Waals surface area contributed by atoms with Crippen LogP contribution >= 0.6 is 0 Å². The highest BCUT2D eigenvalue weighted by Crippen LogP contribution is 2.19. The van der Waals surface area contributed by atoms with Crippen molar-refractivity contribution < 1.29 is 9.53 Å². The highest BCUT2D eigenvalue weighted by molar-refractivity contribution is 5.81. The Hall–Kier alpha value is -1.55. The fourth-order valence-corrected chi connectivity index (χ4v) is 2.42. The molecule has 4 heteroatoms. The molecule has 0 bridgehead atoms. The average Bonchev–Trinajstić information content (AvgIpc) is 2.43. The molecule has 20 heavy (non-hydrogen) atoms. The van der Waals surface area contributed by atoms with Gasteiger partial charge in [-0.15, -0.1) is 0 Å². The molecule has 1 aliphatic heterocycles. The molecular weight excluding hydrogens is 252 g/mol. The summed E-state index contributed by atoms with van der Waals surface area (Å²) >= 11 is 0. The van der Waals surface area contributed by atoms with Gasteiger partial charge in [-0.25, -0.2) is 0 Å². The second kappa shape index (κ2) is 6.27. The van der Waals surface area contributed by atoms with E-state index in [-0.39, 0.29) is 11.9 Å². The van der Waals surface area contributed by atoms with E-state index in [0.717, 1.165) is 31.7 Å². The van der Waals surface area contributed by atoms with Gasteiger partial charge in [-0.3, -0.25) is 4.79 Å². The molecule has 1 atom stereocenters. The van der Waals surface area contributed by atoms with Crippen LogP contribution in [0.3, 0.4) is 0 Å². The number of carbonyl (C=O) groups excluding carboxylic acids is 1. The zero-order valence-electron chi connectivity index (χ0n) is 12.6. The van der Waals surface area contributed by atoms with Crippen LogP contribution in [0.4, 0.5) is 0 Å². The number of nitrogens with zero attached hydrogens (tertiary/aromatic N) is 1. The molecule has 1 aromatic rings. The van der Waals surface area contributed by atoms with E-state index in [0.29, 0.717) is 0 Å². The van der Waals surface area contributed by atoms with Gasteiger partial charge in [-0.2, -0.15) is 0 Å². The monoisotopic (exact) mass is 276 g/mol. The lowest BCUT2D eigenvalue weighted by atomic mass is 10.1. The minimum Gasteiger partial charge on any atom is -0.481 e. The molecule has 1 saturated heterocycles. The Morgan fingerprint density at radius 1 is 1.30 bits per heavy atom. The van der Waals surface area contributed by atoms with Crippen molar-refractivity contribution in [2.24, 2.45) is 5.73 Å². The number of aryl methyl sites for hydroxylation is 2. The molecule has 110 valence electrons. The lowest BCUT2D eigenvalue weighted by Crippen LogP contribution is -2.47. The predicted octanol–water partition coefficient (Wildman–Crippen LogP) is 2.02. The molecule has 1 unspecified atom stereocenters. The number of nitrogens with two attached hydrogens (primary N) is 1. The maximum atomic E-state index is 12.3. The van der Waals surface area contributed by atoms with Crippen molar-refractivity contribution in [3.8, 4) is 5.75 Å². The van der Waals surface area contributed by atoms with Crippen LogP contribution in [0.5, 0.6) is 5.75 Å². The first-order chi connectivity index (χ1) is 9.47. The normalized spacial score (nSPS) is 17.9. The Labute approximate surface area is 120 Å². The fraction of sp³-hybridized carbons (Fsp3) is 0.562. The summed E-state index contributed by atoms with van der Waals surface area (Å²) in [6, 6.07) is 6.14. The molecule has 1 fully saturated rings. The standard InChI is InChI=1S/C16H24N2O2/c1-11-4-5-15(10-12(11)2)20-13(3)16(19)18-8-6-14(17)7-9-18/h4-5,10,13-14H,6-9,17H2,1-3H3. The van der Waals surface area contributed by atoms with E-state index >= 15 is 0 Å². The van der Waals surface area contributed by atoms with Gasteiger partial charge >= 0.3 is 0 Å². The third-order valence-corrected chi connectivity index (χ3v) is 3.99. The highest BCUT2D eigenvalue weighted by Gasteiger charge is 2.25. The number of hydrogen-bond acceptors (Lipinski definition) is 3. The van der Waals surface area contributed by atoms with Crippen LogP contribution in [0.15, 0.2) is 18.2 Å². The number of piperidine rings is 1. The summed E-state index contributed by atoms with van der Waals surface area (Å²) in [4.78, 5) is 14.2. The predicted molar refractivity (Wildman–Crippen MR) is 79.8 cm³/mol. The molecule has 2 N–H and O–H groups in total. The maximum Gasteiger partial charge on any atom is 0.263 e. The van der Waals surface area contributed by atoms with Crippen LogP contribution < -0.4 is 10.5 Å². The van der Waals surface area contributed by atoms with Gasteiger partial charge in [0.1, 0.15) is 5.75 Å². The largest absolute Gasteiger partial charge is 0.481 e. The van der Waals surface area contributed by atoms with E-state index in [2.05, 4.69) is 6.92 Å². The second-order valence-electron chi connectivity index (χ2n) is 5.67. The Balaban J connectivity index is 1.95. The van der Waals surface area contributed by atoms with Crippen molar-refractivity contribution in [3.63, 3.8) is 0 Å². The SMILES string of the molecule is Cc1ccc(OC(C)C(=O)N2CCC(N)CC2)cc1C. The van der Waals surface area contributed by atoms with Gasteiger partial charge in [0, 0.05) is 19.1 Å². The van der Waals surface area contributed by atoms with E-state index in [1.807, 2.05) is 36.9 Å². The number of hydrogen-bond donors (Lipinski definition) is 1. The lowest BCUT2D eigenvalue weighted by molar-refractivity contribution is -0.139. The lowest BCUT2D eigenvalue weighted by Gasteiger charge is -2.32. The maximum absolute atomic E-state index is 12.3. The molecule has 1 heterocycles. The van der Waals surface area contributed by atoms with E-state index in [1.54, 1.807) is 0 Å². The molecule has 1 amide bonds. The first-order valence-electron chi connectivity index (χ1n) is 7.25.